The number of carbonyl (C=O) groups excluding carboxylic acids is 1. The Morgan fingerprint density at radius 1 is 0.871 bits per heavy atom. The van der Waals surface area contributed by atoms with Gasteiger partial charge < -0.3 is 9.64 Å². The van der Waals surface area contributed by atoms with Gasteiger partial charge in [-0.2, -0.15) is 0 Å². The predicted octanol–water partition coefficient (Wildman–Crippen LogP) is 4.04. The molecular formula is C24H23N5O2. The molecule has 1 aromatic heterocycles. The van der Waals surface area contributed by atoms with Crippen LogP contribution in [0.1, 0.15) is 17.0 Å². The van der Waals surface area contributed by atoms with Gasteiger partial charge in [0.05, 0.1) is 0 Å². The molecule has 7 nitrogen and oxygen atoms in total. The van der Waals surface area contributed by atoms with E-state index < -0.39 is 0 Å². The van der Waals surface area contributed by atoms with E-state index in [0.717, 1.165) is 28.0 Å². The van der Waals surface area contributed by atoms with E-state index in [1.165, 1.54) is 9.58 Å². The number of hydrogen-bond acceptors (Lipinski definition) is 5. The van der Waals surface area contributed by atoms with Crippen molar-refractivity contribution < 1.29 is 9.53 Å². The van der Waals surface area contributed by atoms with Gasteiger partial charge in [-0.3, -0.25) is 0 Å². The molecule has 0 aliphatic heterocycles. The Morgan fingerprint density at radius 3 is 2.16 bits per heavy atom. The van der Waals surface area contributed by atoms with Gasteiger partial charge in [0, 0.05) is 20.5 Å². The summed E-state index contributed by atoms with van der Waals surface area (Å²) < 4.78 is 7.08. The first-order chi connectivity index (χ1) is 15.1. The van der Waals surface area contributed by atoms with Crippen LogP contribution in [0, 0.1) is 0 Å². The van der Waals surface area contributed by atoms with Crippen LogP contribution in [-0.2, 0) is 13.0 Å². The number of hydrogen-bond donors (Lipinski definition) is 0. The molecule has 0 atom stereocenters. The maximum Gasteiger partial charge on any atom is 0.347 e. The van der Waals surface area contributed by atoms with Gasteiger partial charge in [-0.15, -0.1) is 9.78 Å². The second-order valence-electron chi connectivity index (χ2n) is 7.36. The third-order valence-corrected chi connectivity index (χ3v) is 4.85. The highest BCUT2D eigenvalue weighted by atomic mass is 16.5. The lowest BCUT2D eigenvalue weighted by Gasteiger charge is -2.10. The van der Waals surface area contributed by atoms with Crippen LogP contribution in [0.5, 0.6) is 5.75 Å². The number of ether oxygens (including phenoxy) is 1. The highest BCUT2D eigenvalue weighted by Gasteiger charge is 2.15. The zero-order chi connectivity index (χ0) is 21.6. The maximum absolute atomic E-state index is 12.1. The molecule has 0 aliphatic carbocycles. The number of tetrazole rings is 1. The summed E-state index contributed by atoms with van der Waals surface area (Å²) in [6.45, 7) is 0.546. The molecule has 0 unspecified atom stereocenters. The zero-order valence-corrected chi connectivity index (χ0v) is 17.5. The third kappa shape index (κ3) is 4.95. The fourth-order valence-electron chi connectivity index (χ4n) is 3.14. The Kier molecular flexibility index (Phi) is 6.03. The molecule has 0 fully saturated rings. The molecule has 4 rings (SSSR count). The van der Waals surface area contributed by atoms with Gasteiger partial charge in [0.2, 0.25) is 0 Å². The number of rotatable bonds is 6. The molecule has 0 radical (unpaired) electrons. The Balaban J connectivity index is 1.40. The summed E-state index contributed by atoms with van der Waals surface area (Å²) in [7, 11) is 3.33. The van der Waals surface area contributed by atoms with Crippen molar-refractivity contribution in [3.8, 4) is 16.9 Å². The van der Waals surface area contributed by atoms with Gasteiger partial charge in [-0.25, -0.2) is 4.79 Å². The highest BCUT2D eigenvalue weighted by Crippen LogP contribution is 2.24. The smallest absolute Gasteiger partial charge is 0.347 e. The molecule has 0 spiro atoms. The van der Waals surface area contributed by atoms with Crippen molar-refractivity contribution >= 4 is 6.03 Å². The molecule has 0 aliphatic rings. The fourth-order valence-corrected chi connectivity index (χ4v) is 3.14. The average Bonchev–Trinajstić information content (AvgIpc) is 3.26. The third-order valence-electron chi connectivity index (χ3n) is 4.85. The molecule has 156 valence electrons. The lowest BCUT2D eigenvalue weighted by Crippen LogP contribution is -2.29. The molecule has 31 heavy (non-hydrogen) atoms. The molecule has 3 aromatic carbocycles. The van der Waals surface area contributed by atoms with E-state index in [0.29, 0.717) is 18.9 Å². The topological polar surface area (TPSA) is 73.1 Å². The van der Waals surface area contributed by atoms with Crippen LogP contribution in [0.25, 0.3) is 11.1 Å². The van der Waals surface area contributed by atoms with Crippen LogP contribution < -0.4 is 4.74 Å². The van der Waals surface area contributed by atoms with Gasteiger partial charge in [0.25, 0.3) is 0 Å². The monoisotopic (exact) mass is 413 g/mol. The van der Waals surface area contributed by atoms with Crippen molar-refractivity contribution in [3.05, 3.63) is 95.8 Å². The molecule has 1 amide bonds. The summed E-state index contributed by atoms with van der Waals surface area (Å²) in [6, 6.07) is 26.0. The van der Waals surface area contributed by atoms with Crippen LogP contribution in [0.15, 0.2) is 78.9 Å². The van der Waals surface area contributed by atoms with E-state index in [4.69, 9.17) is 4.74 Å². The first-order valence-corrected chi connectivity index (χ1v) is 9.95. The normalized spacial score (nSPS) is 10.6. The lowest BCUT2D eigenvalue weighted by atomic mass is 10.0. The maximum atomic E-state index is 12.1. The molecule has 0 saturated heterocycles. The van der Waals surface area contributed by atoms with E-state index >= 15 is 0 Å². The largest absolute Gasteiger partial charge is 0.489 e. The van der Waals surface area contributed by atoms with E-state index in [1.807, 2.05) is 66.7 Å². The minimum Gasteiger partial charge on any atom is -0.489 e. The number of carbonyl (C=O) groups is 1. The molecule has 0 bridgehead atoms. The van der Waals surface area contributed by atoms with Crippen LogP contribution in [0.2, 0.25) is 0 Å². The van der Waals surface area contributed by atoms with Gasteiger partial charge in [-0.1, -0.05) is 66.7 Å². The molecule has 0 N–H and O–H groups in total. The van der Waals surface area contributed by atoms with Crippen molar-refractivity contribution in [2.24, 2.45) is 0 Å². The highest BCUT2D eigenvalue weighted by molar-refractivity contribution is 5.75. The zero-order valence-electron chi connectivity index (χ0n) is 17.5. The van der Waals surface area contributed by atoms with Gasteiger partial charge in [-0.05, 0) is 44.8 Å². The van der Waals surface area contributed by atoms with E-state index in [2.05, 4.69) is 27.7 Å². The summed E-state index contributed by atoms with van der Waals surface area (Å²) in [5.41, 5.74) is 4.36. The summed E-state index contributed by atoms with van der Waals surface area (Å²) in [5, 5.41) is 11.4. The minimum atomic E-state index is -0.272. The van der Waals surface area contributed by atoms with Crippen LogP contribution >= 0.6 is 0 Å². The van der Waals surface area contributed by atoms with Crippen LogP contribution in [0.4, 0.5) is 4.79 Å². The summed E-state index contributed by atoms with van der Waals surface area (Å²) in [6.07, 6.45) is 0.471. The Morgan fingerprint density at radius 2 is 1.52 bits per heavy atom. The van der Waals surface area contributed by atoms with Crippen molar-refractivity contribution in [2.45, 2.75) is 13.0 Å². The van der Waals surface area contributed by atoms with Crippen LogP contribution in [0.3, 0.4) is 0 Å². The van der Waals surface area contributed by atoms with Crippen molar-refractivity contribution in [3.63, 3.8) is 0 Å². The Bertz CT molecular complexity index is 1140. The standard InChI is InChI=1S/C24H23N5O2/c1-28(2)24(30)29-23(25-26-27-29)16-18-8-10-20(11-9-18)21-12-14-22(15-13-21)31-17-19-6-4-3-5-7-19/h3-15H,16-17H2,1-2H3. The average molecular weight is 413 g/mol. The molecule has 7 heteroatoms. The lowest BCUT2D eigenvalue weighted by molar-refractivity contribution is 0.214. The number of aromatic nitrogens is 4. The minimum absolute atomic E-state index is 0.272. The molecular weight excluding hydrogens is 390 g/mol. The first kappa shape index (κ1) is 20.3. The van der Waals surface area contributed by atoms with Crippen molar-refractivity contribution in [2.75, 3.05) is 14.1 Å². The second kappa shape index (κ2) is 9.21. The molecule has 0 saturated carbocycles. The van der Waals surface area contributed by atoms with Crippen LogP contribution in [-0.4, -0.2) is 45.2 Å². The summed E-state index contributed by atoms with van der Waals surface area (Å²) in [4.78, 5) is 13.6. The number of amides is 1. The van der Waals surface area contributed by atoms with Crippen molar-refractivity contribution in [1.29, 1.82) is 0 Å². The number of benzene rings is 3. The van der Waals surface area contributed by atoms with E-state index in [9.17, 15) is 4.79 Å². The Labute approximate surface area is 180 Å². The second-order valence-corrected chi connectivity index (χ2v) is 7.36. The molecule has 4 aromatic rings. The number of nitrogens with zero attached hydrogens (tertiary/aromatic N) is 5. The Hall–Kier alpha value is -4.00. The van der Waals surface area contributed by atoms with Gasteiger partial charge in [0.15, 0.2) is 5.82 Å². The van der Waals surface area contributed by atoms with E-state index in [-0.39, 0.29) is 6.03 Å². The SMILES string of the molecule is CN(C)C(=O)n1nnnc1Cc1ccc(-c2ccc(OCc3ccccc3)cc2)cc1. The first-order valence-electron chi connectivity index (χ1n) is 9.95. The van der Waals surface area contributed by atoms with Crippen molar-refractivity contribution in [1.82, 2.24) is 25.1 Å². The van der Waals surface area contributed by atoms with Gasteiger partial charge in [0.1, 0.15) is 12.4 Å². The van der Waals surface area contributed by atoms with E-state index in [1.54, 1.807) is 14.1 Å². The summed E-state index contributed by atoms with van der Waals surface area (Å²) >= 11 is 0. The predicted molar refractivity (Wildman–Crippen MR) is 118 cm³/mol. The quantitative estimate of drug-likeness (QED) is 0.446. The fraction of sp³-hybridized carbons (Fsp3) is 0.167. The summed E-state index contributed by atoms with van der Waals surface area (Å²) in [5.74, 6) is 1.34. The van der Waals surface area contributed by atoms with Gasteiger partial charge >= 0.3 is 6.03 Å². The molecule has 1 heterocycles.